The van der Waals surface area contributed by atoms with Crippen LogP contribution in [0, 0.1) is 0 Å². The molecule has 22 heteroatoms. The number of hydrogen-bond acceptors (Lipinski definition) is 13. The number of ketones is 1. The van der Waals surface area contributed by atoms with Crippen molar-refractivity contribution >= 4 is 58.9 Å². The number of carbonyl (C=O) groups is 10. The molecule has 3 aromatic carbocycles. The molecule has 0 aromatic heterocycles. The van der Waals surface area contributed by atoms with Crippen molar-refractivity contribution in [3.8, 4) is 5.75 Å². The van der Waals surface area contributed by atoms with Crippen LogP contribution >= 0.6 is 0 Å². The molecule has 0 aliphatic heterocycles. The van der Waals surface area contributed by atoms with Crippen LogP contribution in [-0.2, 0) is 67.2 Å². The van der Waals surface area contributed by atoms with Crippen molar-refractivity contribution in [1.29, 1.82) is 0 Å². The van der Waals surface area contributed by atoms with Crippen LogP contribution in [-0.4, -0.2) is 143 Å². The third-order valence-corrected chi connectivity index (χ3v) is 11.4. The number of benzene rings is 3. The third kappa shape index (κ3) is 22.4. The summed E-state index contributed by atoms with van der Waals surface area (Å²) in [6.45, 7) is 3.84. The number of nitrogens with one attached hydrogen (secondary N) is 9. The van der Waals surface area contributed by atoms with Gasteiger partial charge in [-0.3, -0.25) is 47.9 Å². The van der Waals surface area contributed by atoms with E-state index in [-0.39, 0.29) is 50.2 Å². The van der Waals surface area contributed by atoms with Gasteiger partial charge in [0, 0.05) is 25.7 Å². The topological polar surface area (TPSA) is 340 Å². The summed E-state index contributed by atoms with van der Waals surface area (Å²) < 4.78 is 0. The van der Waals surface area contributed by atoms with Crippen molar-refractivity contribution in [3.05, 3.63) is 102 Å². The summed E-state index contributed by atoms with van der Waals surface area (Å²) in [7, 11) is 0. The van der Waals surface area contributed by atoms with E-state index in [4.69, 9.17) is 0 Å². The molecule has 0 spiro atoms. The number of unbranched alkanes of at least 4 members (excludes halogenated alkanes) is 2. The van der Waals surface area contributed by atoms with Crippen molar-refractivity contribution < 1.29 is 63.3 Å². The van der Waals surface area contributed by atoms with Gasteiger partial charge in [-0.05, 0) is 55.5 Å². The summed E-state index contributed by atoms with van der Waals surface area (Å²) in [5, 5.41) is 52.8. The number of aromatic hydroxyl groups is 1. The minimum absolute atomic E-state index is 0.0645. The molecule has 0 radical (unpaired) electrons. The minimum Gasteiger partial charge on any atom is -0.508 e. The van der Waals surface area contributed by atoms with Crippen LogP contribution in [0.15, 0.2) is 84.9 Å². The molecule has 0 fully saturated rings. The average molecular weight is 1030 g/mol. The molecule has 0 saturated heterocycles. The van der Waals surface area contributed by atoms with E-state index >= 15 is 0 Å². The molecular weight excluding hydrogens is 959 g/mol. The quantitative estimate of drug-likeness (QED) is 0.0358. The average Bonchev–Trinajstić information content (AvgIpc) is 3.38. The molecule has 0 saturated carbocycles. The lowest BCUT2D eigenvalue weighted by atomic mass is 10.0. The minimum atomic E-state index is -1.52. The van der Waals surface area contributed by atoms with E-state index in [1.54, 1.807) is 60.7 Å². The molecule has 12 N–H and O–H groups in total. The van der Waals surface area contributed by atoms with Crippen LogP contribution in [0.1, 0.15) is 82.9 Å². The second-order valence-corrected chi connectivity index (χ2v) is 17.7. The molecule has 9 amide bonds. The first-order valence-corrected chi connectivity index (χ1v) is 24.6. The van der Waals surface area contributed by atoms with Crippen LogP contribution in [0.3, 0.4) is 0 Å². The zero-order chi connectivity index (χ0) is 54.6. The summed E-state index contributed by atoms with van der Waals surface area (Å²) >= 11 is 0. The van der Waals surface area contributed by atoms with E-state index in [0.717, 1.165) is 0 Å². The number of carbonyl (C=O) groups excluding carboxylic acids is 10. The predicted molar refractivity (Wildman–Crippen MR) is 271 cm³/mol. The fourth-order valence-electron chi connectivity index (χ4n) is 7.25. The van der Waals surface area contributed by atoms with Crippen molar-refractivity contribution in [2.75, 3.05) is 26.2 Å². The zero-order valence-corrected chi connectivity index (χ0v) is 42.2. The van der Waals surface area contributed by atoms with Crippen LogP contribution in [0.5, 0.6) is 5.75 Å². The number of phenols is 1. The van der Waals surface area contributed by atoms with E-state index in [1.807, 2.05) is 13.8 Å². The number of aliphatic hydroxyl groups excluding tert-OH is 2. The standard InChI is InChI=1S/C52H71N9O13/c1-5-7-19-38(47(69)54-28-32(3)63)57-51(73)42(31-62)56-45(68)30-53-44(67)29-55-48(70)39(27-36-21-23-37(65)24-22-36)58-49(71)40(25-34-15-11-9-12-16-34)59-50(72)41(26-35-17-13-10-14-18-35)60-52(74)46(33(4)64)61-43(66)20-8-6-2/h9-18,21-24,33,38-42,46,62,64-65H,5-8,19-20,25-31H2,1-4H3,(H,53,67)(H,54,69)(H,55,70)(H,56,68)(H,57,73)(H,58,71)(H,59,72)(H,60,74)(H,61,66). The second-order valence-electron chi connectivity index (χ2n) is 17.7. The van der Waals surface area contributed by atoms with Gasteiger partial charge >= 0.3 is 0 Å². The molecular formula is C52H71N9O13. The largest absolute Gasteiger partial charge is 0.508 e. The van der Waals surface area contributed by atoms with Gasteiger partial charge in [-0.15, -0.1) is 0 Å². The molecule has 3 aromatic rings. The smallest absolute Gasteiger partial charge is 0.245 e. The summed E-state index contributed by atoms with van der Waals surface area (Å²) in [5.41, 5.74) is 1.72. The van der Waals surface area contributed by atoms with Crippen molar-refractivity contribution in [3.63, 3.8) is 0 Å². The van der Waals surface area contributed by atoms with E-state index in [1.165, 1.54) is 38.1 Å². The number of phenolic OH excluding ortho intramolecular Hbond substituents is 1. The molecule has 402 valence electrons. The van der Waals surface area contributed by atoms with Crippen LogP contribution < -0.4 is 47.9 Å². The Bertz CT molecular complexity index is 2340. The highest BCUT2D eigenvalue weighted by atomic mass is 16.3. The molecule has 7 unspecified atom stereocenters. The van der Waals surface area contributed by atoms with Gasteiger partial charge in [-0.2, -0.15) is 0 Å². The molecule has 22 nitrogen and oxygen atoms in total. The summed E-state index contributed by atoms with van der Waals surface area (Å²) in [6.07, 6.45) is 1.15. The summed E-state index contributed by atoms with van der Waals surface area (Å²) in [5.74, 6) is -7.49. The molecule has 0 heterocycles. The van der Waals surface area contributed by atoms with E-state index < -0.39 is 115 Å². The first-order chi connectivity index (χ1) is 35.3. The predicted octanol–water partition coefficient (Wildman–Crippen LogP) is -0.980. The second kappa shape index (κ2) is 32.4. The van der Waals surface area contributed by atoms with Gasteiger partial charge in [0.15, 0.2) is 0 Å². The van der Waals surface area contributed by atoms with E-state index in [2.05, 4.69) is 47.9 Å². The van der Waals surface area contributed by atoms with Gasteiger partial charge in [-0.25, -0.2) is 0 Å². The van der Waals surface area contributed by atoms with Gasteiger partial charge in [0.2, 0.25) is 53.2 Å². The summed E-state index contributed by atoms with van der Waals surface area (Å²) in [4.78, 5) is 132. The number of Topliss-reactive ketones (excluding diaryl/α,β-unsaturated/α-hetero) is 1. The SMILES string of the molecule is CCCCC(=O)NC(C(=O)NC(Cc1ccccc1)C(=O)NC(Cc1ccccc1)C(=O)NC(Cc1ccc(O)cc1)C(=O)NCC(=O)NCC(=O)NC(CO)C(=O)NC(CCCC)C(=O)NCC(C)=O)C(C)O. The lowest BCUT2D eigenvalue weighted by Crippen LogP contribution is -2.60. The van der Waals surface area contributed by atoms with Crippen LogP contribution in [0.2, 0.25) is 0 Å². The van der Waals surface area contributed by atoms with Gasteiger partial charge in [-0.1, -0.05) is 106 Å². The van der Waals surface area contributed by atoms with Gasteiger partial charge in [0.1, 0.15) is 47.8 Å². The summed E-state index contributed by atoms with van der Waals surface area (Å²) in [6, 6.07) is 14.9. The van der Waals surface area contributed by atoms with E-state index in [0.29, 0.717) is 42.4 Å². The Morgan fingerprint density at radius 1 is 0.473 bits per heavy atom. The Morgan fingerprint density at radius 2 is 0.919 bits per heavy atom. The zero-order valence-electron chi connectivity index (χ0n) is 42.2. The monoisotopic (exact) mass is 1030 g/mol. The number of rotatable bonds is 32. The molecule has 0 bridgehead atoms. The third-order valence-electron chi connectivity index (χ3n) is 11.4. The highest BCUT2D eigenvalue weighted by molar-refractivity contribution is 5.97. The first-order valence-electron chi connectivity index (χ1n) is 24.6. The maximum absolute atomic E-state index is 14.4. The van der Waals surface area contributed by atoms with Gasteiger partial charge < -0.3 is 63.2 Å². The van der Waals surface area contributed by atoms with E-state index in [9.17, 15) is 63.3 Å². The lowest BCUT2D eigenvalue weighted by Gasteiger charge is -2.27. The normalized spacial score (nSPS) is 13.6. The van der Waals surface area contributed by atoms with Crippen LogP contribution in [0.4, 0.5) is 0 Å². The maximum atomic E-state index is 14.4. The fraction of sp³-hybridized carbons (Fsp3) is 0.462. The number of hydrogen-bond donors (Lipinski definition) is 12. The molecule has 0 aliphatic rings. The Morgan fingerprint density at radius 3 is 1.42 bits per heavy atom. The first kappa shape index (κ1) is 60.6. The lowest BCUT2D eigenvalue weighted by molar-refractivity contribution is -0.135. The van der Waals surface area contributed by atoms with Crippen molar-refractivity contribution in [2.45, 2.75) is 128 Å². The van der Waals surface area contributed by atoms with Crippen LogP contribution in [0.25, 0.3) is 0 Å². The molecule has 0 aliphatic carbocycles. The Labute approximate surface area is 430 Å². The molecule has 74 heavy (non-hydrogen) atoms. The molecule has 7 atom stereocenters. The number of amides is 9. The number of aliphatic hydroxyl groups is 2. The van der Waals surface area contributed by atoms with Gasteiger partial charge in [0.05, 0.1) is 32.3 Å². The highest BCUT2D eigenvalue weighted by Crippen LogP contribution is 2.13. The Kier molecular flexibility index (Phi) is 26.5. The maximum Gasteiger partial charge on any atom is 0.245 e. The van der Waals surface area contributed by atoms with Crippen molar-refractivity contribution in [1.82, 2.24) is 47.9 Å². The van der Waals surface area contributed by atoms with Crippen molar-refractivity contribution in [2.24, 2.45) is 0 Å². The fourth-order valence-corrected chi connectivity index (χ4v) is 7.25. The van der Waals surface area contributed by atoms with Gasteiger partial charge in [0.25, 0.3) is 0 Å². The molecule has 3 rings (SSSR count). The Balaban J connectivity index is 1.79. The Hall–Kier alpha value is -7.72. The highest BCUT2D eigenvalue weighted by Gasteiger charge is 2.34.